The predicted molar refractivity (Wildman–Crippen MR) is 78.0 cm³/mol. The van der Waals surface area contributed by atoms with Gasteiger partial charge in [0, 0.05) is 19.2 Å². The van der Waals surface area contributed by atoms with E-state index in [0.29, 0.717) is 24.2 Å². The Balaban J connectivity index is 3.31. The van der Waals surface area contributed by atoms with Gasteiger partial charge in [-0.2, -0.15) is 4.31 Å². The summed E-state index contributed by atoms with van der Waals surface area (Å²) in [6.45, 7) is 6.08. The third-order valence-electron chi connectivity index (χ3n) is 2.95. The second kappa shape index (κ2) is 6.67. The van der Waals surface area contributed by atoms with Gasteiger partial charge in [-0.3, -0.25) is 0 Å². The summed E-state index contributed by atoms with van der Waals surface area (Å²) in [4.78, 5) is 10.7. The largest absolute Gasteiger partial charge is 0.478 e. The lowest BCUT2D eigenvalue weighted by molar-refractivity contribution is -0.131. The van der Waals surface area contributed by atoms with E-state index in [2.05, 4.69) is 0 Å². The molecular formula is C14H19NO4S. The van der Waals surface area contributed by atoms with E-state index in [1.807, 2.05) is 0 Å². The van der Waals surface area contributed by atoms with Crippen molar-refractivity contribution in [2.75, 3.05) is 13.1 Å². The van der Waals surface area contributed by atoms with E-state index in [1.54, 1.807) is 32.9 Å². The molecule has 0 saturated heterocycles. The lowest BCUT2D eigenvalue weighted by atomic mass is 10.1. The Morgan fingerprint density at radius 2 is 1.90 bits per heavy atom. The third-order valence-corrected chi connectivity index (χ3v) is 5.15. The zero-order valence-corrected chi connectivity index (χ0v) is 12.6. The molecule has 20 heavy (non-hydrogen) atoms. The van der Waals surface area contributed by atoms with Gasteiger partial charge in [0.2, 0.25) is 10.0 Å². The van der Waals surface area contributed by atoms with Crippen LogP contribution in [0, 0.1) is 6.92 Å². The molecule has 0 bridgehead atoms. The first-order valence-electron chi connectivity index (χ1n) is 6.34. The first-order chi connectivity index (χ1) is 9.32. The summed E-state index contributed by atoms with van der Waals surface area (Å²) >= 11 is 0. The molecule has 0 amide bonds. The fourth-order valence-electron chi connectivity index (χ4n) is 1.87. The number of carbonyl (C=O) groups is 1. The standard InChI is InChI=1S/C14H19NO4S/c1-4-15(5-2)20(18,19)13-10-12(7-6-11(13)3)8-9-14(16)17/h6-10H,4-5H2,1-3H3,(H,16,17). The number of aliphatic carboxylic acids is 1. The number of aryl methyl sites for hydroxylation is 1. The summed E-state index contributed by atoms with van der Waals surface area (Å²) in [5.41, 5.74) is 1.19. The van der Waals surface area contributed by atoms with Crippen molar-refractivity contribution < 1.29 is 18.3 Å². The minimum atomic E-state index is -3.54. The highest BCUT2D eigenvalue weighted by molar-refractivity contribution is 7.89. The van der Waals surface area contributed by atoms with Gasteiger partial charge in [0.25, 0.3) is 0 Å². The van der Waals surface area contributed by atoms with Crippen LogP contribution >= 0.6 is 0 Å². The van der Waals surface area contributed by atoms with Crippen LogP contribution in [0.25, 0.3) is 6.08 Å². The molecule has 0 atom stereocenters. The molecule has 0 aromatic heterocycles. The number of carboxylic acid groups (broad SMARTS) is 1. The van der Waals surface area contributed by atoms with E-state index < -0.39 is 16.0 Å². The molecule has 0 fully saturated rings. The van der Waals surface area contributed by atoms with Crippen LogP contribution in [0.5, 0.6) is 0 Å². The van der Waals surface area contributed by atoms with Crippen LogP contribution in [0.4, 0.5) is 0 Å². The van der Waals surface area contributed by atoms with Crippen molar-refractivity contribution in [1.29, 1.82) is 0 Å². The Bertz CT molecular complexity index is 616. The Kier molecular flexibility index (Phi) is 5.47. The third kappa shape index (κ3) is 3.68. The molecule has 0 aliphatic rings. The highest BCUT2D eigenvalue weighted by atomic mass is 32.2. The Hall–Kier alpha value is -1.66. The molecule has 1 rings (SSSR count). The highest BCUT2D eigenvalue weighted by Crippen LogP contribution is 2.21. The van der Waals surface area contributed by atoms with E-state index in [4.69, 9.17) is 5.11 Å². The van der Waals surface area contributed by atoms with Gasteiger partial charge in [-0.15, -0.1) is 0 Å². The van der Waals surface area contributed by atoms with Crippen LogP contribution < -0.4 is 0 Å². The molecule has 110 valence electrons. The van der Waals surface area contributed by atoms with Crippen molar-refractivity contribution in [2.45, 2.75) is 25.7 Å². The molecule has 0 unspecified atom stereocenters. The molecule has 0 aliphatic carbocycles. The van der Waals surface area contributed by atoms with Gasteiger partial charge in [-0.05, 0) is 30.2 Å². The molecule has 0 aliphatic heterocycles. The second-order valence-electron chi connectivity index (χ2n) is 4.29. The Morgan fingerprint density at radius 3 is 2.40 bits per heavy atom. The van der Waals surface area contributed by atoms with Crippen LogP contribution in [0.3, 0.4) is 0 Å². The minimum absolute atomic E-state index is 0.216. The summed E-state index contributed by atoms with van der Waals surface area (Å²) in [7, 11) is -3.54. The molecule has 6 heteroatoms. The molecule has 1 N–H and O–H groups in total. The quantitative estimate of drug-likeness (QED) is 0.816. The van der Waals surface area contributed by atoms with Crippen molar-refractivity contribution in [1.82, 2.24) is 4.31 Å². The van der Waals surface area contributed by atoms with Gasteiger partial charge in [0.15, 0.2) is 0 Å². The Labute approximate surface area is 119 Å². The smallest absolute Gasteiger partial charge is 0.328 e. The van der Waals surface area contributed by atoms with Crippen molar-refractivity contribution in [3.8, 4) is 0 Å². The van der Waals surface area contributed by atoms with Crippen molar-refractivity contribution in [3.05, 3.63) is 35.4 Å². The van der Waals surface area contributed by atoms with E-state index in [-0.39, 0.29) is 4.90 Å². The van der Waals surface area contributed by atoms with Crippen molar-refractivity contribution >= 4 is 22.1 Å². The summed E-state index contributed by atoms with van der Waals surface area (Å²) in [5, 5.41) is 8.61. The molecule has 5 nitrogen and oxygen atoms in total. The lowest BCUT2D eigenvalue weighted by Gasteiger charge is -2.20. The normalized spacial score (nSPS) is 12.2. The first-order valence-corrected chi connectivity index (χ1v) is 7.78. The maximum absolute atomic E-state index is 12.5. The monoisotopic (exact) mass is 297 g/mol. The van der Waals surface area contributed by atoms with E-state index in [9.17, 15) is 13.2 Å². The van der Waals surface area contributed by atoms with Gasteiger partial charge in [0.1, 0.15) is 0 Å². The first kappa shape index (κ1) is 16.4. The fourth-order valence-corrected chi connectivity index (χ4v) is 3.59. The number of hydrogen-bond donors (Lipinski definition) is 1. The average Bonchev–Trinajstić information content (AvgIpc) is 2.38. The van der Waals surface area contributed by atoms with Crippen LogP contribution in [-0.4, -0.2) is 36.9 Å². The van der Waals surface area contributed by atoms with Gasteiger partial charge in [-0.1, -0.05) is 26.0 Å². The van der Waals surface area contributed by atoms with Crippen molar-refractivity contribution in [3.63, 3.8) is 0 Å². The SMILES string of the molecule is CCN(CC)S(=O)(=O)c1cc(C=CC(=O)O)ccc1C. The van der Waals surface area contributed by atoms with E-state index >= 15 is 0 Å². The summed E-state index contributed by atoms with van der Waals surface area (Å²) in [6, 6.07) is 4.87. The molecular weight excluding hydrogens is 278 g/mol. The number of hydrogen-bond acceptors (Lipinski definition) is 3. The lowest BCUT2D eigenvalue weighted by Crippen LogP contribution is -2.31. The average molecular weight is 297 g/mol. The number of rotatable bonds is 6. The van der Waals surface area contributed by atoms with Crippen LogP contribution in [-0.2, 0) is 14.8 Å². The maximum atomic E-state index is 12.5. The molecule has 0 radical (unpaired) electrons. The van der Waals surface area contributed by atoms with Gasteiger partial charge in [0.05, 0.1) is 4.90 Å². The molecule has 0 spiro atoms. The molecule has 1 aromatic rings. The zero-order valence-electron chi connectivity index (χ0n) is 11.8. The van der Waals surface area contributed by atoms with E-state index in [1.165, 1.54) is 16.4 Å². The van der Waals surface area contributed by atoms with Crippen LogP contribution in [0.15, 0.2) is 29.2 Å². The van der Waals surface area contributed by atoms with Crippen LogP contribution in [0.2, 0.25) is 0 Å². The number of benzene rings is 1. The van der Waals surface area contributed by atoms with Gasteiger partial charge >= 0.3 is 5.97 Å². The molecule has 0 saturated carbocycles. The minimum Gasteiger partial charge on any atom is -0.478 e. The topological polar surface area (TPSA) is 74.7 Å². The second-order valence-corrected chi connectivity index (χ2v) is 6.19. The van der Waals surface area contributed by atoms with Crippen LogP contribution in [0.1, 0.15) is 25.0 Å². The van der Waals surface area contributed by atoms with Gasteiger partial charge < -0.3 is 5.11 Å². The molecule has 0 heterocycles. The van der Waals surface area contributed by atoms with E-state index in [0.717, 1.165) is 6.08 Å². The number of sulfonamides is 1. The maximum Gasteiger partial charge on any atom is 0.328 e. The Morgan fingerprint density at radius 1 is 1.30 bits per heavy atom. The zero-order chi connectivity index (χ0) is 15.3. The predicted octanol–water partition coefficient (Wildman–Crippen LogP) is 2.12. The highest BCUT2D eigenvalue weighted by Gasteiger charge is 2.23. The fraction of sp³-hybridized carbons (Fsp3) is 0.357. The number of nitrogens with zero attached hydrogens (tertiary/aromatic N) is 1. The number of carboxylic acids is 1. The summed E-state index contributed by atoms with van der Waals surface area (Å²) in [6.07, 6.45) is 2.36. The van der Waals surface area contributed by atoms with Crippen molar-refractivity contribution in [2.24, 2.45) is 0 Å². The summed E-state index contributed by atoms with van der Waals surface area (Å²) in [5.74, 6) is -1.07. The van der Waals surface area contributed by atoms with Gasteiger partial charge in [-0.25, -0.2) is 13.2 Å². The summed E-state index contributed by atoms with van der Waals surface area (Å²) < 4.78 is 26.4. The molecule has 1 aromatic carbocycles.